The predicted octanol–water partition coefficient (Wildman–Crippen LogP) is 3.83. The maximum absolute atomic E-state index is 13.6. The molecule has 1 N–H and O–H groups in total. The summed E-state index contributed by atoms with van der Waals surface area (Å²) < 4.78 is 5.42. The Balaban J connectivity index is 1.51. The molecule has 0 spiro atoms. The lowest BCUT2D eigenvalue weighted by atomic mass is 10.0. The number of nitrogens with one attached hydrogen (secondary N) is 1. The number of hydrogen-bond acceptors (Lipinski definition) is 6. The van der Waals surface area contributed by atoms with Crippen LogP contribution in [0.1, 0.15) is 36.2 Å². The third-order valence-electron chi connectivity index (χ3n) is 6.16. The van der Waals surface area contributed by atoms with Gasteiger partial charge in [-0.3, -0.25) is 9.69 Å². The van der Waals surface area contributed by atoms with Gasteiger partial charge in [0.15, 0.2) is 0 Å². The van der Waals surface area contributed by atoms with Gasteiger partial charge >= 0.3 is 6.03 Å². The van der Waals surface area contributed by atoms with Crippen LogP contribution in [0.25, 0.3) is 0 Å². The van der Waals surface area contributed by atoms with Crippen LogP contribution in [0.15, 0.2) is 46.9 Å². The number of urea groups is 1. The number of nitrogens with zero attached hydrogens (tertiary/aromatic N) is 4. The van der Waals surface area contributed by atoms with Gasteiger partial charge in [-0.15, -0.1) is 11.3 Å². The van der Waals surface area contributed by atoms with Crippen LogP contribution in [0, 0.1) is 0 Å². The summed E-state index contributed by atoms with van der Waals surface area (Å²) in [5.41, 5.74) is 1.84. The Bertz CT molecular complexity index is 1010. The molecule has 0 bridgehead atoms. The van der Waals surface area contributed by atoms with Crippen LogP contribution in [-0.4, -0.2) is 84.9 Å². The number of rotatable bonds is 9. The van der Waals surface area contributed by atoms with Crippen LogP contribution >= 0.6 is 22.9 Å². The molecule has 0 saturated carbocycles. The molecular formula is C25H32ClN5O3S. The highest BCUT2D eigenvalue weighted by atomic mass is 35.5. The van der Waals surface area contributed by atoms with Gasteiger partial charge in [0.1, 0.15) is 6.54 Å². The molecule has 0 aliphatic carbocycles. The number of carbonyl (C=O) groups is 2. The van der Waals surface area contributed by atoms with Gasteiger partial charge in [0.05, 0.1) is 29.8 Å². The summed E-state index contributed by atoms with van der Waals surface area (Å²) in [6, 6.07) is 11.1. The van der Waals surface area contributed by atoms with Crippen molar-refractivity contribution in [3.05, 3.63) is 57.2 Å². The molecule has 35 heavy (non-hydrogen) atoms. The molecule has 1 fully saturated rings. The molecule has 1 aromatic heterocycles. The van der Waals surface area contributed by atoms with Crippen LogP contribution < -0.4 is 5.32 Å². The van der Waals surface area contributed by atoms with E-state index in [1.54, 1.807) is 21.2 Å². The van der Waals surface area contributed by atoms with Crippen molar-refractivity contribution in [2.45, 2.75) is 25.8 Å². The highest BCUT2D eigenvalue weighted by molar-refractivity contribution is 7.12. The second kappa shape index (κ2) is 12.5. The maximum Gasteiger partial charge on any atom is 0.317 e. The third kappa shape index (κ3) is 6.82. The van der Waals surface area contributed by atoms with E-state index in [0.29, 0.717) is 44.3 Å². The number of morpholine rings is 1. The average Bonchev–Trinajstić information content (AvgIpc) is 3.56. The van der Waals surface area contributed by atoms with Gasteiger partial charge in [-0.25, -0.2) is 9.80 Å². The third-order valence-corrected chi connectivity index (χ3v) is 7.33. The first-order valence-electron chi connectivity index (χ1n) is 12.1. The molecule has 2 aliphatic heterocycles. The molecule has 10 heteroatoms. The molecule has 1 saturated heterocycles. The topological polar surface area (TPSA) is 77.5 Å². The number of hydrogen-bond donors (Lipinski definition) is 1. The summed E-state index contributed by atoms with van der Waals surface area (Å²) in [5, 5.41) is 11.8. The van der Waals surface area contributed by atoms with E-state index >= 15 is 0 Å². The zero-order valence-corrected chi connectivity index (χ0v) is 21.6. The van der Waals surface area contributed by atoms with E-state index in [-0.39, 0.29) is 24.5 Å². The van der Waals surface area contributed by atoms with Crippen LogP contribution in [0.2, 0.25) is 5.02 Å². The summed E-state index contributed by atoms with van der Waals surface area (Å²) >= 11 is 7.71. The summed E-state index contributed by atoms with van der Waals surface area (Å²) in [4.78, 5) is 31.4. The Kier molecular flexibility index (Phi) is 9.14. The van der Waals surface area contributed by atoms with E-state index in [9.17, 15) is 9.59 Å². The van der Waals surface area contributed by atoms with E-state index in [4.69, 9.17) is 21.4 Å². The van der Waals surface area contributed by atoms with Crippen molar-refractivity contribution < 1.29 is 14.3 Å². The minimum Gasteiger partial charge on any atom is -0.379 e. The zero-order valence-electron chi connectivity index (χ0n) is 20.0. The number of halogens is 1. The molecule has 2 aliphatic rings. The van der Waals surface area contributed by atoms with Crippen LogP contribution in [-0.2, 0) is 9.53 Å². The Morgan fingerprint density at radius 1 is 1.23 bits per heavy atom. The smallest absolute Gasteiger partial charge is 0.317 e. The number of benzene rings is 1. The molecule has 0 radical (unpaired) electrons. The first kappa shape index (κ1) is 25.6. The lowest BCUT2D eigenvalue weighted by Crippen LogP contribution is -2.49. The first-order valence-corrected chi connectivity index (χ1v) is 13.3. The Hall–Kier alpha value is -2.46. The van der Waals surface area contributed by atoms with E-state index in [1.165, 1.54) is 0 Å². The molecule has 1 atom stereocenters. The van der Waals surface area contributed by atoms with Gasteiger partial charge in [0.2, 0.25) is 0 Å². The predicted molar refractivity (Wildman–Crippen MR) is 139 cm³/mol. The highest BCUT2D eigenvalue weighted by Crippen LogP contribution is 2.34. The number of amides is 3. The number of ether oxygens (including phenoxy) is 1. The van der Waals surface area contributed by atoms with E-state index in [2.05, 4.69) is 10.2 Å². The van der Waals surface area contributed by atoms with Crippen molar-refractivity contribution in [2.24, 2.45) is 5.10 Å². The normalized spacial score (nSPS) is 18.4. The number of carbonyl (C=O) groups excluding carboxylic acids is 2. The van der Waals surface area contributed by atoms with Crippen LogP contribution in [0.4, 0.5) is 4.79 Å². The van der Waals surface area contributed by atoms with Crippen molar-refractivity contribution in [3.63, 3.8) is 0 Å². The van der Waals surface area contributed by atoms with Crippen molar-refractivity contribution >= 4 is 40.6 Å². The van der Waals surface area contributed by atoms with Gasteiger partial charge in [-0.1, -0.05) is 36.7 Å². The van der Waals surface area contributed by atoms with Crippen molar-refractivity contribution in [2.75, 3.05) is 52.5 Å². The molecular weight excluding hydrogens is 486 g/mol. The van der Waals surface area contributed by atoms with Gasteiger partial charge < -0.3 is 15.0 Å². The minimum atomic E-state index is -0.239. The monoisotopic (exact) mass is 517 g/mol. The second-order valence-electron chi connectivity index (χ2n) is 8.64. The van der Waals surface area contributed by atoms with Gasteiger partial charge in [0.25, 0.3) is 5.91 Å². The zero-order chi connectivity index (χ0) is 24.6. The number of hydrazone groups is 1. The highest BCUT2D eigenvalue weighted by Gasteiger charge is 2.34. The Morgan fingerprint density at radius 3 is 2.69 bits per heavy atom. The summed E-state index contributed by atoms with van der Waals surface area (Å²) in [5.74, 6) is -0.204. The van der Waals surface area contributed by atoms with Crippen LogP contribution in [0.5, 0.6) is 0 Å². The molecule has 188 valence electrons. The van der Waals surface area contributed by atoms with E-state index < -0.39 is 0 Å². The van der Waals surface area contributed by atoms with E-state index in [1.807, 2.05) is 48.7 Å². The molecule has 1 unspecified atom stereocenters. The first-order chi connectivity index (χ1) is 17.0. The average molecular weight is 518 g/mol. The molecule has 4 rings (SSSR count). The molecule has 8 nitrogen and oxygen atoms in total. The van der Waals surface area contributed by atoms with Gasteiger partial charge in [-0.05, 0) is 35.6 Å². The van der Waals surface area contributed by atoms with Gasteiger partial charge in [0, 0.05) is 44.2 Å². The van der Waals surface area contributed by atoms with E-state index in [0.717, 1.165) is 35.7 Å². The van der Waals surface area contributed by atoms with Crippen molar-refractivity contribution in [1.82, 2.24) is 20.1 Å². The lowest BCUT2D eigenvalue weighted by Gasteiger charge is -2.31. The lowest BCUT2D eigenvalue weighted by molar-refractivity contribution is -0.133. The van der Waals surface area contributed by atoms with Crippen LogP contribution in [0.3, 0.4) is 0 Å². The Morgan fingerprint density at radius 2 is 2.00 bits per heavy atom. The number of thiophene rings is 1. The largest absolute Gasteiger partial charge is 0.379 e. The second-order valence-corrected chi connectivity index (χ2v) is 10.0. The fourth-order valence-electron chi connectivity index (χ4n) is 4.20. The quantitative estimate of drug-likeness (QED) is 0.548. The van der Waals surface area contributed by atoms with Crippen molar-refractivity contribution in [1.29, 1.82) is 0 Å². The Labute approximate surface area is 215 Å². The summed E-state index contributed by atoms with van der Waals surface area (Å²) in [7, 11) is 0. The van der Waals surface area contributed by atoms with Crippen molar-refractivity contribution in [3.8, 4) is 0 Å². The maximum atomic E-state index is 13.6. The molecule has 2 aromatic rings. The molecule has 3 heterocycles. The molecule has 1 aromatic carbocycles. The van der Waals surface area contributed by atoms with Gasteiger partial charge in [-0.2, -0.15) is 5.10 Å². The standard InChI is InChI=1S/C25H32ClN5O3S/c1-2-9-27-25(33)30(11-10-29-12-14-34-15-13-29)18-24(32)31-22(19-5-7-20(26)8-6-19)17-21(28-31)23-4-3-16-35-23/h3-8,16,22H,2,9-15,17-18H2,1H3,(H,27,33). The summed E-state index contributed by atoms with van der Waals surface area (Å²) in [6.45, 7) is 6.74. The molecule has 3 amide bonds. The fourth-order valence-corrected chi connectivity index (χ4v) is 5.04. The minimum absolute atomic E-state index is 0.0365. The SMILES string of the molecule is CCCNC(=O)N(CCN1CCOCC1)CC(=O)N1N=C(c2cccs2)CC1c1ccc(Cl)cc1. The fraction of sp³-hybridized carbons (Fsp3) is 0.480. The summed E-state index contributed by atoms with van der Waals surface area (Å²) in [6.07, 6.45) is 1.44.